The molecule has 5 heteroatoms. The van der Waals surface area contributed by atoms with Crippen LogP contribution in [0.4, 0.5) is 13.2 Å². The minimum atomic E-state index is -4.10. The molecule has 1 aliphatic rings. The first kappa shape index (κ1) is 20.8. The fourth-order valence-corrected chi connectivity index (χ4v) is 4.70. The zero-order valence-corrected chi connectivity index (χ0v) is 17.9. The van der Waals surface area contributed by atoms with Crippen molar-refractivity contribution >= 4 is 10.8 Å². The van der Waals surface area contributed by atoms with Crippen LogP contribution < -0.4 is 9.13 Å². The Labute approximate surface area is 176 Å². The van der Waals surface area contributed by atoms with Gasteiger partial charge < -0.3 is 0 Å². The second-order valence-electron chi connectivity index (χ2n) is 8.88. The van der Waals surface area contributed by atoms with Crippen molar-refractivity contribution in [3.8, 4) is 11.1 Å². The van der Waals surface area contributed by atoms with Crippen molar-refractivity contribution in [3.63, 3.8) is 0 Å². The number of halogens is 3. The molecule has 4 rings (SSSR count). The molecular formula is C25H29F3N2+2. The first-order valence-electron chi connectivity index (χ1n) is 10.8. The molecule has 0 saturated carbocycles. The summed E-state index contributed by atoms with van der Waals surface area (Å²) in [5.41, 5.74) is 5.07. The molecule has 0 radical (unpaired) electrons. The number of pyridine rings is 2. The van der Waals surface area contributed by atoms with Crippen LogP contribution in [0.15, 0.2) is 49.1 Å². The molecule has 0 spiro atoms. The van der Waals surface area contributed by atoms with Crippen LogP contribution in [-0.2, 0) is 18.5 Å². The Kier molecular flexibility index (Phi) is 5.33. The number of nitrogens with zero attached hydrogens (tertiary/aromatic N) is 2. The van der Waals surface area contributed by atoms with Gasteiger partial charge >= 0.3 is 6.18 Å². The lowest BCUT2D eigenvalue weighted by molar-refractivity contribution is -0.697. The molecule has 0 aliphatic heterocycles. The molecule has 158 valence electrons. The SMILES string of the molecule is CCCC[n+]1ccc2c(c1)C(C)(C)c1c-2ccc2c[n+](CCCC(F)(F)F)ccc12. The van der Waals surface area contributed by atoms with E-state index in [4.69, 9.17) is 0 Å². The lowest BCUT2D eigenvalue weighted by atomic mass is 9.81. The quantitative estimate of drug-likeness (QED) is 0.446. The van der Waals surface area contributed by atoms with Crippen LogP contribution in [0.25, 0.3) is 21.9 Å². The second-order valence-corrected chi connectivity index (χ2v) is 8.88. The van der Waals surface area contributed by atoms with Gasteiger partial charge in [0.2, 0.25) is 0 Å². The normalized spacial score (nSPS) is 14.7. The van der Waals surface area contributed by atoms with Gasteiger partial charge in [0.05, 0.1) is 0 Å². The molecule has 2 heterocycles. The fraction of sp³-hybridized carbons (Fsp3) is 0.440. The van der Waals surface area contributed by atoms with Crippen LogP contribution >= 0.6 is 0 Å². The molecule has 1 aliphatic carbocycles. The summed E-state index contributed by atoms with van der Waals surface area (Å²) < 4.78 is 41.5. The van der Waals surface area contributed by atoms with E-state index in [-0.39, 0.29) is 11.8 Å². The molecule has 0 fully saturated rings. The molecule has 2 aromatic heterocycles. The Hall–Kier alpha value is -2.43. The van der Waals surface area contributed by atoms with E-state index in [9.17, 15) is 13.2 Å². The summed E-state index contributed by atoms with van der Waals surface area (Å²) in [6, 6.07) is 8.56. The molecule has 3 aromatic rings. The molecular weight excluding hydrogens is 385 g/mol. The van der Waals surface area contributed by atoms with E-state index in [1.54, 1.807) is 0 Å². The van der Waals surface area contributed by atoms with Gasteiger partial charge in [0.15, 0.2) is 24.8 Å². The predicted octanol–water partition coefficient (Wildman–Crippen LogP) is 5.86. The number of aromatic nitrogens is 2. The van der Waals surface area contributed by atoms with E-state index in [2.05, 4.69) is 62.0 Å². The van der Waals surface area contributed by atoms with E-state index in [1.165, 1.54) is 34.1 Å². The highest BCUT2D eigenvalue weighted by molar-refractivity contribution is 5.96. The van der Waals surface area contributed by atoms with E-state index in [1.807, 2.05) is 17.0 Å². The zero-order valence-electron chi connectivity index (χ0n) is 17.9. The average Bonchev–Trinajstić information content (AvgIpc) is 2.92. The van der Waals surface area contributed by atoms with E-state index in [0.717, 1.165) is 18.4 Å². The van der Waals surface area contributed by atoms with Crippen molar-refractivity contribution in [2.24, 2.45) is 0 Å². The maximum absolute atomic E-state index is 12.5. The number of alkyl halides is 3. The maximum Gasteiger partial charge on any atom is 0.389 e. The zero-order chi connectivity index (χ0) is 21.5. The fourth-order valence-electron chi connectivity index (χ4n) is 4.70. The Morgan fingerprint density at radius 1 is 0.867 bits per heavy atom. The van der Waals surface area contributed by atoms with Crippen LogP contribution in [0.2, 0.25) is 0 Å². The number of unbranched alkanes of at least 4 members (excludes halogenated alkanes) is 1. The lowest BCUT2D eigenvalue weighted by Crippen LogP contribution is -2.35. The first-order valence-corrected chi connectivity index (χ1v) is 10.8. The molecule has 2 nitrogen and oxygen atoms in total. The minimum absolute atomic E-state index is 0.0965. The molecule has 1 aromatic carbocycles. The van der Waals surface area contributed by atoms with Crippen LogP contribution in [0, 0.1) is 0 Å². The van der Waals surface area contributed by atoms with Gasteiger partial charge in [0.25, 0.3) is 0 Å². The van der Waals surface area contributed by atoms with E-state index < -0.39 is 12.6 Å². The summed E-state index contributed by atoms with van der Waals surface area (Å²) in [6.45, 7) is 8.13. The van der Waals surface area contributed by atoms with Crippen molar-refractivity contribution in [1.29, 1.82) is 0 Å². The number of aryl methyl sites for hydroxylation is 2. The summed E-state index contributed by atoms with van der Waals surface area (Å²) in [7, 11) is 0. The van der Waals surface area contributed by atoms with Crippen molar-refractivity contribution in [3.05, 3.63) is 60.2 Å². The summed E-state index contributed by atoms with van der Waals surface area (Å²) >= 11 is 0. The standard InChI is InChI=1S/C25H29F3N2/c1-4-5-12-30-15-10-20-21-8-7-18-16-29(13-6-11-25(26,27)28)14-9-19(18)23(21)24(2,3)22(20)17-30/h7-10,14-17H,4-6,11-13H2,1-3H3/q+2. The van der Waals surface area contributed by atoms with Crippen LogP contribution in [-0.4, -0.2) is 6.18 Å². The van der Waals surface area contributed by atoms with Crippen molar-refractivity contribution in [1.82, 2.24) is 0 Å². The second kappa shape index (κ2) is 7.68. The first-order chi connectivity index (χ1) is 14.2. The van der Waals surface area contributed by atoms with Crippen LogP contribution in [0.1, 0.15) is 57.6 Å². The number of rotatable bonds is 6. The van der Waals surface area contributed by atoms with Gasteiger partial charge in [-0.2, -0.15) is 13.2 Å². The van der Waals surface area contributed by atoms with Crippen LogP contribution in [0.3, 0.4) is 0 Å². The number of hydrogen-bond donors (Lipinski definition) is 0. The molecule has 0 unspecified atom stereocenters. The summed E-state index contributed by atoms with van der Waals surface area (Å²) in [5.74, 6) is 0. The maximum atomic E-state index is 12.5. The van der Waals surface area contributed by atoms with Gasteiger partial charge in [-0.1, -0.05) is 33.3 Å². The van der Waals surface area contributed by atoms with Gasteiger partial charge in [0.1, 0.15) is 13.1 Å². The molecule has 0 atom stereocenters. The monoisotopic (exact) mass is 414 g/mol. The predicted molar refractivity (Wildman–Crippen MR) is 112 cm³/mol. The highest BCUT2D eigenvalue weighted by atomic mass is 19.4. The third-order valence-electron chi connectivity index (χ3n) is 6.27. The average molecular weight is 415 g/mol. The third kappa shape index (κ3) is 3.82. The molecule has 0 N–H and O–H groups in total. The topological polar surface area (TPSA) is 7.76 Å². The number of fused-ring (bicyclic) bond motifs is 5. The van der Waals surface area contributed by atoms with Gasteiger partial charge in [-0.3, -0.25) is 0 Å². The largest absolute Gasteiger partial charge is 0.389 e. The van der Waals surface area contributed by atoms with E-state index >= 15 is 0 Å². The Bertz CT molecular complexity index is 1080. The van der Waals surface area contributed by atoms with Crippen molar-refractivity contribution in [2.75, 3.05) is 0 Å². The Morgan fingerprint density at radius 2 is 1.57 bits per heavy atom. The molecule has 30 heavy (non-hydrogen) atoms. The number of hydrogen-bond acceptors (Lipinski definition) is 0. The lowest BCUT2D eigenvalue weighted by Gasteiger charge is -2.21. The molecule has 0 bridgehead atoms. The van der Waals surface area contributed by atoms with Crippen molar-refractivity contribution in [2.45, 2.75) is 71.1 Å². The summed E-state index contributed by atoms with van der Waals surface area (Å²) in [5, 5.41) is 2.25. The Morgan fingerprint density at radius 3 is 2.30 bits per heavy atom. The van der Waals surface area contributed by atoms with Gasteiger partial charge in [-0.15, -0.1) is 0 Å². The Balaban J connectivity index is 1.69. The summed E-state index contributed by atoms with van der Waals surface area (Å²) in [6.07, 6.45) is 5.94. The van der Waals surface area contributed by atoms with Crippen LogP contribution in [0.5, 0.6) is 0 Å². The smallest absolute Gasteiger partial charge is 0.205 e. The number of benzene rings is 1. The molecule has 0 saturated heterocycles. The highest BCUT2D eigenvalue weighted by Crippen LogP contribution is 2.50. The third-order valence-corrected chi connectivity index (χ3v) is 6.27. The van der Waals surface area contributed by atoms with E-state index in [0.29, 0.717) is 6.54 Å². The summed E-state index contributed by atoms with van der Waals surface area (Å²) in [4.78, 5) is 0. The van der Waals surface area contributed by atoms with Gasteiger partial charge in [0, 0.05) is 47.8 Å². The minimum Gasteiger partial charge on any atom is -0.205 e. The van der Waals surface area contributed by atoms with Crippen molar-refractivity contribution < 1.29 is 22.3 Å². The van der Waals surface area contributed by atoms with Gasteiger partial charge in [-0.25, -0.2) is 9.13 Å². The molecule has 0 amide bonds. The highest BCUT2D eigenvalue weighted by Gasteiger charge is 2.39. The van der Waals surface area contributed by atoms with Gasteiger partial charge in [-0.05, 0) is 28.1 Å².